The van der Waals surface area contributed by atoms with Gasteiger partial charge >= 0.3 is 6.18 Å². The number of rotatable bonds is 2. The number of alkyl halides is 3. The van der Waals surface area contributed by atoms with Crippen molar-refractivity contribution in [1.29, 1.82) is 5.26 Å². The van der Waals surface area contributed by atoms with Gasteiger partial charge in [0, 0.05) is 0 Å². The molecule has 0 heterocycles. The maximum Gasteiger partial charge on any atom is 0.416 e. The van der Waals surface area contributed by atoms with Crippen LogP contribution in [-0.4, -0.2) is 0 Å². The van der Waals surface area contributed by atoms with Gasteiger partial charge in [0.2, 0.25) is 0 Å². The minimum absolute atomic E-state index is 0.254. The van der Waals surface area contributed by atoms with Crippen molar-refractivity contribution >= 4 is 5.69 Å². The molecule has 0 spiro atoms. The average molecular weight is 216 g/mol. The molecule has 0 unspecified atom stereocenters. The lowest BCUT2D eigenvalue weighted by Crippen LogP contribution is -2.40. The van der Waals surface area contributed by atoms with Crippen molar-refractivity contribution in [3.05, 3.63) is 29.8 Å². The van der Waals surface area contributed by atoms with E-state index in [0.717, 1.165) is 29.4 Å². The van der Waals surface area contributed by atoms with Crippen LogP contribution in [0.15, 0.2) is 24.3 Å². The molecule has 80 valence electrons. The van der Waals surface area contributed by atoms with Crippen molar-refractivity contribution in [3.63, 3.8) is 0 Å². The Morgan fingerprint density at radius 2 is 1.80 bits per heavy atom. The third-order valence-corrected chi connectivity index (χ3v) is 1.64. The van der Waals surface area contributed by atoms with Crippen LogP contribution in [0.5, 0.6) is 0 Å². The van der Waals surface area contributed by atoms with E-state index >= 15 is 0 Å². The molecule has 15 heavy (non-hydrogen) atoms. The topological polar surface area (TPSA) is 65.1 Å². The molecule has 0 amide bonds. The van der Waals surface area contributed by atoms with Gasteiger partial charge in [0.25, 0.3) is 0 Å². The Bertz CT molecular complexity index is 365. The summed E-state index contributed by atoms with van der Waals surface area (Å²) in [6.07, 6.45) is -2.83. The first kappa shape index (κ1) is 11.1. The molecule has 7 heteroatoms. The van der Waals surface area contributed by atoms with Gasteiger partial charge in [-0.25, -0.2) is 16.4 Å². The molecule has 0 saturated carbocycles. The first-order valence-electron chi connectivity index (χ1n) is 3.82. The SMILES string of the molecule is N#CNN(N)c1ccc(C(F)(F)F)cc1. The first-order valence-corrected chi connectivity index (χ1v) is 3.82. The number of halogens is 3. The normalized spacial score (nSPS) is 10.6. The molecule has 1 aromatic carbocycles. The van der Waals surface area contributed by atoms with E-state index in [1.807, 2.05) is 0 Å². The second-order valence-electron chi connectivity index (χ2n) is 2.64. The van der Waals surface area contributed by atoms with Crippen molar-refractivity contribution in [2.75, 3.05) is 5.12 Å². The molecule has 3 N–H and O–H groups in total. The molecule has 0 aliphatic carbocycles. The number of hydrazine groups is 2. The summed E-state index contributed by atoms with van der Waals surface area (Å²) < 4.78 is 36.5. The predicted molar refractivity (Wildman–Crippen MR) is 46.9 cm³/mol. The molecular formula is C8H7F3N4. The predicted octanol–water partition coefficient (Wildman–Crippen LogP) is 1.37. The zero-order valence-electron chi connectivity index (χ0n) is 7.42. The van der Waals surface area contributed by atoms with Crippen molar-refractivity contribution in [3.8, 4) is 6.19 Å². The van der Waals surface area contributed by atoms with Crippen molar-refractivity contribution in [2.24, 2.45) is 5.84 Å². The minimum atomic E-state index is -4.37. The highest BCUT2D eigenvalue weighted by molar-refractivity contribution is 5.45. The lowest BCUT2D eigenvalue weighted by molar-refractivity contribution is -0.137. The zero-order valence-corrected chi connectivity index (χ0v) is 7.42. The number of hydrogen-bond acceptors (Lipinski definition) is 4. The zero-order chi connectivity index (χ0) is 11.5. The number of nitrogens with two attached hydrogens (primary N) is 1. The summed E-state index contributed by atoms with van der Waals surface area (Å²) in [5, 5.41) is 9.04. The van der Waals surface area contributed by atoms with Crippen LogP contribution in [0.2, 0.25) is 0 Å². The van der Waals surface area contributed by atoms with Crippen LogP contribution < -0.4 is 16.4 Å². The van der Waals surface area contributed by atoms with E-state index < -0.39 is 11.7 Å². The van der Waals surface area contributed by atoms with Crippen LogP contribution >= 0.6 is 0 Å². The van der Waals surface area contributed by atoms with Crippen LogP contribution in [0, 0.1) is 11.5 Å². The molecular weight excluding hydrogens is 209 g/mol. The summed E-state index contributed by atoms with van der Waals surface area (Å²) in [7, 11) is 0. The third kappa shape index (κ3) is 2.75. The quantitative estimate of drug-likeness (QED) is 0.339. The fourth-order valence-corrected chi connectivity index (χ4v) is 0.929. The molecule has 0 fully saturated rings. The van der Waals surface area contributed by atoms with E-state index in [4.69, 9.17) is 11.1 Å². The van der Waals surface area contributed by atoms with Gasteiger partial charge in [-0.05, 0) is 24.3 Å². The molecule has 1 rings (SSSR count). The largest absolute Gasteiger partial charge is 0.416 e. The molecule has 0 radical (unpaired) electrons. The number of nitrogens with zero attached hydrogens (tertiary/aromatic N) is 2. The molecule has 0 aromatic heterocycles. The van der Waals surface area contributed by atoms with Crippen molar-refractivity contribution in [2.45, 2.75) is 6.18 Å². The van der Waals surface area contributed by atoms with Gasteiger partial charge in [0.05, 0.1) is 11.3 Å². The number of nitriles is 1. The van der Waals surface area contributed by atoms with E-state index in [0.29, 0.717) is 0 Å². The fourth-order valence-electron chi connectivity index (χ4n) is 0.929. The number of benzene rings is 1. The van der Waals surface area contributed by atoms with Crippen molar-refractivity contribution < 1.29 is 13.2 Å². The van der Waals surface area contributed by atoms with E-state index in [-0.39, 0.29) is 5.69 Å². The Kier molecular flexibility index (Phi) is 3.01. The Hall–Kier alpha value is -1.94. The van der Waals surface area contributed by atoms with Crippen LogP contribution in [0.1, 0.15) is 5.56 Å². The van der Waals surface area contributed by atoms with Gasteiger partial charge in [0.1, 0.15) is 0 Å². The maximum atomic E-state index is 12.2. The Balaban J connectivity index is 2.87. The van der Waals surface area contributed by atoms with Crippen LogP contribution in [-0.2, 0) is 6.18 Å². The Morgan fingerprint density at radius 1 is 1.27 bits per heavy atom. The summed E-state index contributed by atoms with van der Waals surface area (Å²) in [5.41, 5.74) is 1.54. The fraction of sp³-hybridized carbons (Fsp3) is 0.125. The average Bonchev–Trinajstić information content (AvgIpc) is 2.17. The maximum absolute atomic E-state index is 12.2. The molecule has 0 aliphatic rings. The van der Waals surface area contributed by atoms with Gasteiger partial charge in [-0.2, -0.15) is 18.4 Å². The molecule has 0 saturated heterocycles. The van der Waals surface area contributed by atoms with Gasteiger partial charge in [0.15, 0.2) is 6.19 Å². The standard InChI is InChI=1S/C8H7F3N4/c9-8(10,11)6-1-3-7(4-2-6)15(13)14-5-12/h1-4,14H,13H2. The number of anilines is 1. The minimum Gasteiger partial charge on any atom is -0.228 e. The van der Waals surface area contributed by atoms with Crippen LogP contribution in [0.3, 0.4) is 0 Å². The third-order valence-electron chi connectivity index (χ3n) is 1.64. The van der Waals surface area contributed by atoms with Crippen LogP contribution in [0.4, 0.5) is 18.9 Å². The molecule has 0 bridgehead atoms. The summed E-state index contributed by atoms with van der Waals surface area (Å²) in [4.78, 5) is 0. The first-order chi connectivity index (χ1) is 6.95. The van der Waals surface area contributed by atoms with Gasteiger partial charge in [-0.3, -0.25) is 0 Å². The molecule has 0 aliphatic heterocycles. The molecule has 4 nitrogen and oxygen atoms in total. The van der Waals surface area contributed by atoms with E-state index in [9.17, 15) is 13.2 Å². The Labute approximate surface area is 83.6 Å². The van der Waals surface area contributed by atoms with Gasteiger partial charge in [-0.1, -0.05) is 0 Å². The lowest BCUT2D eigenvalue weighted by Gasteiger charge is -2.15. The summed E-state index contributed by atoms with van der Waals surface area (Å²) in [5.74, 6) is 5.28. The van der Waals surface area contributed by atoms with Crippen LogP contribution in [0.25, 0.3) is 0 Å². The highest BCUT2D eigenvalue weighted by Crippen LogP contribution is 2.29. The lowest BCUT2D eigenvalue weighted by atomic mass is 10.2. The molecule has 1 aromatic rings. The molecule has 0 atom stereocenters. The highest BCUT2D eigenvalue weighted by Gasteiger charge is 2.30. The van der Waals surface area contributed by atoms with E-state index in [2.05, 4.69) is 5.43 Å². The van der Waals surface area contributed by atoms with E-state index in [1.165, 1.54) is 6.19 Å². The number of hydrogen-bond donors (Lipinski definition) is 2. The Morgan fingerprint density at radius 3 is 2.20 bits per heavy atom. The summed E-state index contributed by atoms with van der Waals surface area (Å²) in [6.45, 7) is 0. The highest BCUT2D eigenvalue weighted by atomic mass is 19.4. The van der Waals surface area contributed by atoms with Crippen molar-refractivity contribution in [1.82, 2.24) is 5.43 Å². The number of nitrogens with one attached hydrogen (secondary N) is 1. The van der Waals surface area contributed by atoms with Gasteiger partial charge in [-0.15, -0.1) is 0 Å². The van der Waals surface area contributed by atoms with E-state index in [1.54, 1.807) is 0 Å². The van der Waals surface area contributed by atoms with Gasteiger partial charge < -0.3 is 0 Å². The second kappa shape index (κ2) is 4.06. The second-order valence-corrected chi connectivity index (χ2v) is 2.64. The smallest absolute Gasteiger partial charge is 0.228 e. The summed E-state index contributed by atoms with van der Waals surface area (Å²) >= 11 is 0. The monoisotopic (exact) mass is 216 g/mol. The summed E-state index contributed by atoms with van der Waals surface area (Å²) in [6, 6.07) is 4.09.